The number of fused-ring (bicyclic) bond motifs is 3. The average Bonchev–Trinajstić information content (AvgIpc) is 2.73. The van der Waals surface area contributed by atoms with E-state index in [-0.39, 0.29) is 0 Å². The Hall–Kier alpha value is -2.22. The summed E-state index contributed by atoms with van der Waals surface area (Å²) in [6.45, 7) is 2.46. The third kappa shape index (κ3) is 3.37. The maximum atomic E-state index is 6.68. The Kier molecular flexibility index (Phi) is 5.46. The molecule has 1 aliphatic heterocycles. The van der Waals surface area contributed by atoms with Gasteiger partial charge < -0.3 is 14.4 Å². The fraction of sp³-hybridized carbons (Fsp3) is 0.250. The molecule has 0 saturated heterocycles. The smallest absolute Gasteiger partial charge is 0.187 e. The zero-order chi connectivity index (χ0) is 20.7. The van der Waals surface area contributed by atoms with Gasteiger partial charge in [0.05, 0.1) is 32.1 Å². The molecule has 9 heteroatoms. The molecule has 2 aromatic heterocycles. The number of halogens is 2. The summed E-state index contributed by atoms with van der Waals surface area (Å²) in [5.74, 6) is 1.65. The number of aromatic nitrogens is 3. The van der Waals surface area contributed by atoms with E-state index in [0.29, 0.717) is 44.8 Å². The van der Waals surface area contributed by atoms with Crippen molar-refractivity contribution in [2.75, 3.05) is 25.4 Å². The molecular weight excluding hydrogens is 431 g/mol. The summed E-state index contributed by atoms with van der Waals surface area (Å²) in [7, 11) is 3.11. The molecule has 4 rings (SSSR count). The number of hydrogen-bond acceptors (Lipinski definition) is 7. The highest BCUT2D eigenvalue weighted by molar-refractivity contribution is 7.98. The van der Waals surface area contributed by atoms with Crippen molar-refractivity contribution in [2.24, 2.45) is 0 Å². The largest absolute Gasteiger partial charge is 0.495 e. The fourth-order valence-electron chi connectivity index (χ4n) is 3.33. The number of aryl methyl sites for hydroxylation is 1. The molecule has 0 spiro atoms. The van der Waals surface area contributed by atoms with Crippen LogP contribution >= 0.6 is 35.0 Å². The van der Waals surface area contributed by atoms with Crippen molar-refractivity contribution in [3.05, 3.63) is 45.7 Å². The van der Waals surface area contributed by atoms with Gasteiger partial charge in [-0.25, -0.2) is 15.0 Å². The van der Waals surface area contributed by atoms with Crippen LogP contribution in [0.4, 0.5) is 11.5 Å². The minimum Gasteiger partial charge on any atom is -0.495 e. The monoisotopic (exact) mass is 448 g/mol. The standard InChI is InChI=1S/C20H18Cl2N4O2S/c1-10-5-12-17-11(8-24-20(25-17)29-4)9-26(19(12)23-7-10)18-15(21)13(27-2)6-14(28-3)16(18)22/h5-8H,9H2,1-4H3. The lowest BCUT2D eigenvalue weighted by Gasteiger charge is -2.33. The van der Waals surface area contributed by atoms with Gasteiger partial charge in [-0.3, -0.25) is 0 Å². The lowest BCUT2D eigenvalue weighted by Crippen LogP contribution is -2.24. The number of nitrogens with zero attached hydrogens (tertiary/aromatic N) is 4. The average molecular weight is 449 g/mol. The second-order valence-corrected chi connectivity index (χ2v) is 7.99. The molecule has 0 amide bonds. The summed E-state index contributed by atoms with van der Waals surface area (Å²) < 4.78 is 10.9. The molecule has 0 fully saturated rings. The first kappa shape index (κ1) is 20.1. The molecule has 0 unspecified atom stereocenters. The van der Waals surface area contributed by atoms with E-state index in [1.165, 1.54) is 11.8 Å². The maximum Gasteiger partial charge on any atom is 0.187 e. The zero-order valence-corrected chi connectivity index (χ0v) is 18.6. The fourth-order valence-corrected chi connectivity index (χ4v) is 4.37. The molecule has 29 heavy (non-hydrogen) atoms. The van der Waals surface area contributed by atoms with Crippen molar-refractivity contribution < 1.29 is 9.47 Å². The number of ether oxygens (including phenoxy) is 2. The summed E-state index contributed by atoms with van der Waals surface area (Å²) in [5, 5.41) is 1.48. The number of pyridine rings is 1. The van der Waals surface area contributed by atoms with Crippen LogP contribution < -0.4 is 14.4 Å². The molecule has 3 heterocycles. The SMILES string of the molecule is COc1cc(OC)c(Cl)c(N2Cc3cnc(SC)nc3-c3cc(C)cnc32)c1Cl. The minimum absolute atomic E-state index is 0.386. The van der Waals surface area contributed by atoms with Gasteiger partial charge in [-0.15, -0.1) is 0 Å². The number of benzene rings is 1. The number of thioether (sulfide) groups is 1. The van der Waals surface area contributed by atoms with Crippen molar-refractivity contribution in [3.8, 4) is 22.8 Å². The Morgan fingerprint density at radius 1 is 1.03 bits per heavy atom. The van der Waals surface area contributed by atoms with Gasteiger partial charge in [0, 0.05) is 29.6 Å². The third-order valence-electron chi connectivity index (χ3n) is 4.69. The van der Waals surface area contributed by atoms with Crippen molar-refractivity contribution in [2.45, 2.75) is 18.6 Å². The molecule has 1 aliphatic rings. The first-order valence-corrected chi connectivity index (χ1v) is 10.7. The number of anilines is 2. The molecule has 6 nitrogen and oxygen atoms in total. The van der Waals surface area contributed by atoms with Gasteiger partial charge in [0.25, 0.3) is 0 Å². The first-order chi connectivity index (χ1) is 14.0. The molecule has 3 aromatic rings. The van der Waals surface area contributed by atoms with E-state index in [2.05, 4.69) is 16.0 Å². The van der Waals surface area contributed by atoms with Crippen molar-refractivity contribution in [1.82, 2.24) is 15.0 Å². The summed E-state index contributed by atoms with van der Waals surface area (Å²) in [4.78, 5) is 15.8. The Balaban J connectivity index is 1.98. The molecule has 1 aromatic carbocycles. The Morgan fingerprint density at radius 3 is 2.34 bits per heavy atom. The van der Waals surface area contributed by atoms with Crippen LogP contribution in [0.2, 0.25) is 10.0 Å². The predicted molar refractivity (Wildman–Crippen MR) is 117 cm³/mol. The van der Waals surface area contributed by atoms with Gasteiger partial charge >= 0.3 is 0 Å². The van der Waals surface area contributed by atoms with Crippen LogP contribution in [0.25, 0.3) is 11.3 Å². The van der Waals surface area contributed by atoms with E-state index >= 15 is 0 Å². The van der Waals surface area contributed by atoms with Gasteiger partial charge in [-0.05, 0) is 24.8 Å². The Morgan fingerprint density at radius 2 is 1.72 bits per heavy atom. The quantitative estimate of drug-likeness (QED) is 0.383. The lowest BCUT2D eigenvalue weighted by atomic mass is 10.0. The molecule has 150 valence electrons. The van der Waals surface area contributed by atoms with Crippen LogP contribution in [0.1, 0.15) is 11.1 Å². The van der Waals surface area contributed by atoms with E-state index in [1.54, 1.807) is 20.3 Å². The summed E-state index contributed by atoms with van der Waals surface area (Å²) in [5.41, 5.74) is 4.33. The highest BCUT2D eigenvalue weighted by Crippen LogP contribution is 2.51. The van der Waals surface area contributed by atoms with E-state index in [9.17, 15) is 0 Å². The topological polar surface area (TPSA) is 60.4 Å². The van der Waals surface area contributed by atoms with Gasteiger partial charge in [0.1, 0.15) is 27.4 Å². The molecule has 0 saturated carbocycles. The van der Waals surface area contributed by atoms with Crippen molar-refractivity contribution >= 4 is 46.5 Å². The van der Waals surface area contributed by atoms with Crippen LogP contribution in [-0.4, -0.2) is 35.4 Å². The van der Waals surface area contributed by atoms with E-state index in [1.807, 2.05) is 30.5 Å². The summed E-state index contributed by atoms with van der Waals surface area (Å²) >= 11 is 14.9. The van der Waals surface area contributed by atoms with Crippen LogP contribution in [0.15, 0.2) is 29.7 Å². The van der Waals surface area contributed by atoms with Crippen LogP contribution in [0.3, 0.4) is 0 Å². The molecule has 0 aliphatic carbocycles. The molecule has 0 bridgehead atoms. The second-order valence-electron chi connectivity index (χ2n) is 6.46. The summed E-state index contributed by atoms with van der Waals surface area (Å²) in [6.07, 6.45) is 5.60. The first-order valence-electron chi connectivity index (χ1n) is 8.72. The zero-order valence-electron chi connectivity index (χ0n) is 16.3. The van der Waals surface area contributed by atoms with E-state index < -0.39 is 0 Å². The van der Waals surface area contributed by atoms with Gasteiger partial charge in [-0.1, -0.05) is 35.0 Å². The van der Waals surface area contributed by atoms with Crippen LogP contribution in [0.5, 0.6) is 11.5 Å². The Bertz CT molecular complexity index is 1080. The second kappa shape index (κ2) is 7.89. The highest BCUT2D eigenvalue weighted by atomic mass is 35.5. The van der Waals surface area contributed by atoms with Crippen molar-refractivity contribution in [1.29, 1.82) is 0 Å². The highest BCUT2D eigenvalue weighted by Gasteiger charge is 2.31. The van der Waals surface area contributed by atoms with Gasteiger partial charge in [0.2, 0.25) is 0 Å². The maximum absolute atomic E-state index is 6.68. The molecular formula is C20H18Cl2N4O2S. The number of hydrogen-bond donors (Lipinski definition) is 0. The van der Waals surface area contributed by atoms with Crippen LogP contribution in [-0.2, 0) is 6.54 Å². The van der Waals surface area contributed by atoms with E-state index in [0.717, 1.165) is 22.4 Å². The van der Waals surface area contributed by atoms with Gasteiger partial charge in [0.15, 0.2) is 5.16 Å². The molecule has 0 atom stereocenters. The third-order valence-corrected chi connectivity index (χ3v) is 5.98. The normalized spacial score (nSPS) is 12.4. The van der Waals surface area contributed by atoms with Crippen LogP contribution in [0, 0.1) is 6.92 Å². The molecule has 0 N–H and O–H groups in total. The predicted octanol–water partition coefficient (Wildman–Crippen LogP) is 5.54. The number of methoxy groups -OCH3 is 2. The number of rotatable bonds is 4. The molecule has 0 radical (unpaired) electrons. The van der Waals surface area contributed by atoms with Crippen molar-refractivity contribution in [3.63, 3.8) is 0 Å². The Labute approximate surface area is 183 Å². The van der Waals surface area contributed by atoms with Gasteiger partial charge in [-0.2, -0.15) is 0 Å². The lowest BCUT2D eigenvalue weighted by molar-refractivity contribution is 0.394. The van der Waals surface area contributed by atoms with E-state index in [4.69, 9.17) is 37.7 Å². The minimum atomic E-state index is 0.386. The summed E-state index contributed by atoms with van der Waals surface area (Å²) in [6, 6.07) is 3.73.